The van der Waals surface area contributed by atoms with Gasteiger partial charge in [-0.05, 0) is 24.3 Å². The zero-order valence-corrected chi connectivity index (χ0v) is 12.0. The summed E-state index contributed by atoms with van der Waals surface area (Å²) in [6.07, 6.45) is 0. The van der Waals surface area contributed by atoms with Crippen molar-refractivity contribution >= 4 is 44.6 Å². The van der Waals surface area contributed by atoms with E-state index in [0.717, 1.165) is 23.5 Å². The molecular formula is C11H7ClFNO4S2. The number of benzene rings is 1. The van der Waals surface area contributed by atoms with Crippen molar-refractivity contribution in [3.8, 4) is 0 Å². The van der Waals surface area contributed by atoms with Crippen LogP contribution in [0.25, 0.3) is 0 Å². The molecule has 1 heterocycles. The Morgan fingerprint density at radius 3 is 2.60 bits per heavy atom. The van der Waals surface area contributed by atoms with Crippen LogP contribution in [0.3, 0.4) is 0 Å². The van der Waals surface area contributed by atoms with E-state index in [0.29, 0.717) is 0 Å². The number of nitrogens with one attached hydrogen (secondary N) is 1. The maximum atomic E-state index is 13.5. The Morgan fingerprint density at radius 1 is 1.35 bits per heavy atom. The van der Waals surface area contributed by atoms with Gasteiger partial charge in [-0.15, -0.1) is 11.3 Å². The number of aromatic carboxylic acids is 1. The minimum Gasteiger partial charge on any atom is -0.478 e. The summed E-state index contributed by atoms with van der Waals surface area (Å²) in [6, 6.07) is 4.49. The molecule has 0 fully saturated rings. The van der Waals surface area contributed by atoms with Gasteiger partial charge in [0.2, 0.25) is 0 Å². The summed E-state index contributed by atoms with van der Waals surface area (Å²) in [5.74, 6) is -2.06. The highest BCUT2D eigenvalue weighted by molar-refractivity contribution is 7.94. The van der Waals surface area contributed by atoms with E-state index in [-0.39, 0.29) is 20.5 Å². The standard InChI is InChI=1S/C11H7ClFNO4S2/c12-7-1-2-9(8(13)4-7)14-20(17,18)10-3-6(5-19-10)11(15)16/h1-5,14H,(H,15,16). The number of anilines is 1. The lowest BCUT2D eigenvalue weighted by Crippen LogP contribution is -2.12. The van der Waals surface area contributed by atoms with Crippen molar-refractivity contribution in [2.45, 2.75) is 4.21 Å². The molecule has 0 spiro atoms. The van der Waals surface area contributed by atoms with Gasteiger partial charge in [0, 0.05) is 10.4 Å². The molecule has 0 saturated heterocycles. The van der Waals surface area contributed by atoms with Crippen LogP contribution >= 0.6 is 22.9 Å². The van der Waals surface area contributed by atoms with Crippen LogP contribution in [0.4, 0.5) is 10.1 Å². The Bertz CT molecular complexity index is 772. The molecule has 5 nitrogen and oxygen atoms in total. The maximum Gasteiger partial charge on any atom is 0.336 e. The molecule has 0 amide bonds. The third-order valence-electron chi connectivity index (χ3n) is 2.26. The second-order valence-electron chi connectivity index (χ2n) is 3.69. The molecule has 2 rings (SSSR count). The van der Waals surface area contributed by atoms with Crippen molar-refractivity contribution in [2.24, 2.45) is 0 Å². The highest BCUT2D eigenvalue weighted by atomic mass is 35.5. The first-order chi connectivity index (χ1) is 9.29. The van der Waals surface area contributed by atoms with Gasteiger partial charge in [0.15, 0.2) is 0 Å². The highest BCUT2D eigenvalue weighted by Crippen LogP contribution is 2.25. The molecule has 0 aliphatic rings. The molecular weight excluding hydrogens is 329 g/mol. The smallest absolute Gasteiger partial charge is 0.336 e. The summed E-state index contributed by atoms with van der Waals surface area (Å²) in [4.78, 5) is 10.7. The Labute approximate surface area is 122 Å². The Kier molecular flexibility index (Phi) is 3.98. The number of sulfonamides is 1. The fourth-order valence-corrected chi connectivity index (χ4v) is 3.72. The number of hydrogen-bond acceptors (Lipinski definition) is 4. The first-order valence-electron chi connectivity index (χ1n) is 5.09. The largest absolute Gasteiger partial charge is 0.478 e. The summed E-state index contributed by atoms with van der Waals surface area (Å²) < 4.78 is 39.3. The number of hydrogen-bond donors (Lipinski definition) is 2. The van der Waals surface area contributed by atoms with E-state index in [1.165, 1.54) is 17.5 Å². The first kappa shape index (κ1) is 14.8. The van der Waals surface area contributed by atoms with E-state index in [9.17, 15) is 17.6 Å². The van der Waals surface area contributed by atoms with Crippen molar-refractivity contribution in [3.05, 3.63) is 46.0 Å². The molecule has 106 valence electrons. The number of rotatable bonds is 4. The van der Waals surface area contributed by atoms with Gasteiger partial charge >= 0.3 is 5.97 Å². The van der Waals surface area contributed by atoms with Gasteiger partial charge in [0.1, 0.15) is 10.0 Å². The first-order valence-corrected chi connectivity index (χ1v) is 7.83. The van der Waals surface area contributed by atoms with E-state index in [1.54, 1.807) is 0 Å². The maximum absolute atomic E-state index is 13.5. The third kappa shape index (κ3) is 3.09. The fourth-order valence-electron chi connectivity index (χ4n) is 1.34. The van der Waals surface area contributed by atoms with Crippen LogP contribution < -0.4 is 4.72 Å². The number of thiophene rings is 1. The highest BCUT2D eigenvalue weighted by Gasteiger charge is 2.20. The molecule has 0 radical (unpaired) electrons. The van der Waals surface area contributed by atoms with Crippen LogP contribution in [0, 0.1) is 5.82 Å². The van der Waals surface area contributed by atoms with Gasteiger partial charge in [-0.2, -0.15) is 0 Å². The van der Waals surface area contributed by atoms with E-state index in [4.69, 9.17) is 16.7 Å². The SMILES string of the molecule is O=C(O)c1csc(S(=O)(=O)Nc2ccc(Cl)cc2F)c1. The Balaban J connectivity index is 2.33. The zero-order chi connectivity index (χ0) is 14.9. The second kappa shape index (κ2) is 5.39. The normalized spacial score (nSPS) is 11.3. The predicted molar refractivity (Wildman–Crippen MR) is 73.5 cm³/mol. The lowest BCUT2D eigenvalue weighted by molar-refractivity contribution is 0.0697. The molecule has 0 atom stereocenters. The molecule has 0 aliphatic carbocycles. The molecule has 1 aromatic heterocycles. The molecule has 0 saturated carbocycles. The Hall–Kier alpha value is -1.64. The van der Waals surface area contributed by atoms with E-state index in [1.807, 2.05) is 4.72 Å². The molecule has 0 unspecified atom stereocenters. The van der Waals surface area contributed by atoms with Crippen molar-refractivity contribution in [3.63, 3.8) is 0 Å². The average molecular weight is 336 g/mol. The van der Waals surface area contributed by atoms with Crippen molar-refractivity contribution in [1.82, 2.24) is 0 Å². The van der Waals surface area contributed by atoms with Gasteiger partial charge in [-0.25, -0.2) is 17.6 Å². The lowest BCUT2D eigenvalue weighted by Gasteiger charge is -2.07. The zero-order valence-electron chi connectivity index (χ0n) is 9.63. The number of carboxylic acid groups (broad SMARTS) is 1. The van der Waals surface area contributed by atoms with Gasteiger partial charge in [0.25, 0.3) is 10.0 Å². The quantitative estimate of drug-likeness (QED) is 0.899. The summed E-state index contributed by atoms with van der Waals surface area (Å²) in [6.45, 7) is 0. The van der Waals surface area contributed by atoms with E-state index < -0.39 is 21.8 Å². The monoisotopic (exact) mass is 335 g/mol. The van der Waals surface area contributed by atoms with E-state index in [2.05, 4.69) is 0 Å². The summed E-state index contributed by atoms with van der Waals surface area (Å²) in [5, 5.41) is 10.1. The molecule has 9 heteroatoms. The Morgan fingerprint density at radius 2 is 2.05 bits per heavy atom. The average Bonchev–Trinajstić information content (AvgIpc) is 2.83. The minimum absolute atomic E-state index is 0.134. The van der Waals surface area contributed by atoms with Gasteiger partial charge in [0.05, 0.1) is 11.3 Å². The fraction of sp³-hybridized carbons (Fsp3) is 0. The van der Waals surface area contributed by atoms with Crippen LogP contribution in [0.1, 0.15) is 10.4 Å². The molecule has 0 aliphatic heterocycles. The van der Waals surface area contributed by atoms with Crippen LogP contribution in [0.2, 0.25) is 5.02 Å². The molecule has 20 heavy (non-hydrogen) atoms. The lowest BCUT2D eigenvalue weighted by atomic mass is 10.3. The van der Waals surface area contributed by atoms with Crippen LogP contribution in [0.5, 0.6) is 0 Å². The number of carbonyl (C=O) groups is 1. The van der Waals surface area contributed by atoms with Gasteiger partial charge < -0.3 is 5.11 Å². The van der Waals surface area contributed by atoms with Crippen LogP contribution in [-0.2, 0) is 10.0 Å². The van der Waals surface area contributed by atoms with Crippen LogP contribution in [-0.4, -0.2) is 19.5 Å². The summed E-state index contributed by atoms with van der Waals surface area (Å²) in [7, 11) is -4.04. The van der Waals surface area contributed by atoms with Crippen molar-refractivity contribution in [2.75, 3.05) is 4.72 Å². The summed E-state index contributed by atoms with van der Waals surface area (Å²) >= 11 is 6.30. The van der Waals surface area contributed by atoms with Crippen molar-refractivity contribution < 1.29 is 22.7 Å². The molecule has 2 aromatic rings. The second-order valence-corrected chi connectivity index (χ2v) is 6.95. The van der Waals surface area contributed by atoms with Crippen molar-refractivity contribution in [1.29, 1.82) is 0 Å². The topological polar surface area (TPSA) is 83.5 Å². The van der Waals surface area contributed by atoms with Gasteiger partial charge in [-0.3, -0.25) is 4.72 Å². The number of carboxylic acids is 1. The summed E-state index contributed by atoms with van der Waals surface area (Å²) in [5.41, 5.74) is -0.411. The van der Waals surface area contributed by atoms with Crippen LogP contribution in [0.15, 0.2) is 33.9 Å². The predicted octanol–water partition coefficient (Wildman–Crippen LogP) is 3.04. The van der Waals surface area contributed by atoms with E-state index >= 15 is 0 Å². The molecule has 1 aromatic carbocycles. The number of halogens is 2. The molecule has 2 N–H and O–H groups in total. The third-order valence-corrected chi connectivity index (χ3v) is 5.30. The molecule has 0 bridgehead atoms. The van der Waals surface area contributed by atoms with Gasteiger partial charge in [-0.1, -0.05) is 11.6 Å². The minimum atomic E-state index is -4.04.